The van der Waals surface area contributed by atoms with Crippen LogP contribution < -0.4 is 10.6 Å². The van der Waals surface area contributed by atoms with Crippen molar-refractivity contribution in [1.82, 2.24) is 10.6 Å². The summed E-state index contributed by atoms with van der Waals surface area (Å²) in [4.78, 5) is 32.4. The molecule has 0 unspecified atom stereocenters. The predicted octanol–water partition coefficient (Wildman–Crippen LogP) is 0.350. The zero-order valence-electron chi connectivity index (χ0n) is 10.7. The lowest BCUT2D eigenvalue weighted by Crippen LogP contribution is -2.41. The summed E-state index contributed by atoms with van der Waals surface area (Å²) in [5.74, 6) is -1.26. The number of imide groups is 1. The molecule has 0 aromatic carbocycles. The van der Waals surface area contributed by atoms with E-state index in [0.29, 0.717) is 12.5 Å². The van der Waals surface area contributed by atoms with Crippen LogP contribution in [-0.4, -0.2) is 42.8 Å². The molecule has 18 heavy (non-hydrogen) atoms. The predicted molar refractivity (Wildman–Crippen MR) is 64.1 cm³/mol. The average molecular weight is 260 g/mol. The van der Waals surface area contributed by atoms with E-state index in [2.05, 4.69) is 23.9 Å². The number of carboxylic acid groups (broad SMARTS) is 1. The van der Waals surface area contributed by atoms with Crippen LogP contribution in [0.2, 0.25) is 0 Å². The van der Waals surface area contributed by atoms with Gasteiger partial charge in [-0.3, -0.25) is 10.1 Å². The van der Waals surface area contributed by atoms with Gasteiger partial charge in [-0.15, -0.1) is 0 Å². The lowest BCUT2D eigenvalue weighted by molar-refractivity contribution is -0.143. The maximum absolute atomic E-state index is 11.2. The molecule has 0 saturated heterocycles. The van der Waals surface area contributed by atoms with Gasteiger partial charge in [-0.25, -0.2) is 9.59 Å². The Morgan fingerprint density at radius 1 is 1.22 bits per heavy atom. The van der Waals surface area contributed by atoms with Gasteiger partial charge in [-0.2, -0.15) is 0 Å². The second-order valence-electron chi connectivity index (χ2n) is 4.23. The van der Waals surface area contributed by atoms with E-state index in [0.717, 1.165) is 12.8 Å². The summed E-state index contributed by atoms with van der Waals surface area (Å²) in [6, 6.07) is -0.595. The molecule has 0 radical (unpaired) electrons. The number of carbonyl (C=O) groups excluding carboxylic acids is 2. The molecular formula is C11H20N2O5. The highest BCUT2D eigenvalue weighted by Crippen LogP contribution is 2.01. The second-order valence-corrected chi connectivity index (χ2v) is 4.23. The van der Waals surface area contributed by atoms with Gasteiger partial charge < -0.3 is 15.2 Å². The van der Waals surface area contributed by atoms with Crippen molar-refractivity contribution in [2.24, 2.45) is 5.92 Å². The van der Waals surface area contributed by atoms with E-state index >= 15 is 0 Å². The third-order valence-electron chi connectivity index (χ3n) is 1.96. The number of ether oxygens (including phenoxy) is 1. The lowest BCUT2D eigenvalue weighted by atomic mass is 10.1. The van der Waals surface area contributed by atoms with E-state index in [9.17, 15) is 14.4 Å². The van der Waals surface area contributed by atoms with Crippen molar-refractivity contribution >= 4 is 17.9 Å². The van der Waals surface area contributed by atoms with E-state index < -0.39 is 31.1 Å². The zero-order chi connectivity index (χ0) is 14.0. The molecule has 7 nitrogen and oxygen atoms in total. The van der Waals surface area contributed by atoms with Crippen molar-refractivity contribution in [3.63, 3.8) is 0 Å². The maximum Gasteiger partial charge on any atom is 0.329 e. The molecule has 0 heterocycles. The van der Waals surface area contributed by atoms with Crippen molar-refractivity contribution < 1.29 is 24.2 Å². The topological polar surface area (TPSA) is 105 Å². The highest BCUT2D eigenvalue weighted by molar-refractivity contribution is 5.94. The second kappa shape index (κ2) is 9.41. The highest BCUT2D eigenvalue weighted by atomic mass is 16.5. The Balaban J connectivity index is 3.55. The first-order chi connectivity index (χ1) is 8.41. The van der Waals surface area contributed by atoms with Gasteiger partial charge in [0, 0.05) is 6.54 Å². The molecule has 0 aromatic rings. The summed E-state index contributed by atoms with van der Waals surface area (Å²) < 4.78 is 4.52. The summed E-state index contributed by atoms with van der Waals surface area (Å²) in [6.45, 7) is 3.65. The Labute approximate surface area is 106 Å². The zero-order valence-corrected chi connectivity index (χ0v) is 10.7. The normalized spacial score (nSPS) is 10.2. The minimum absolute atomic E-state index is 0.453. The number of rotatable bonds is 8. The SMILES string of the molecule is CC(C)CCCNC(=O)NC(=O)COCC(=O)O. The summed E-state index contributed by atoms with van der Waals surface area (Å²) in [5.41, 5.74) is 0. The van der Waals surface area contributed by atoms with Gasteiger partial charge in [-0.05, 0) is 18.8 Å². The number of carboxylic acids is 1. The van der Waals surface area contributed by atoms with Crippen LogP contribution in [0.15, 0.2) is 0 Å². The molecule has 0 fully saturated rings. The first-order valence-electron chi connectivity index (χ1n) is 5.79. The number of amides is 3. The molecule has 0 aromatic heterocycles. The highest BCUT2D eigenvalue weighted by Gasteiger charge is 2.08. The Hall–Kier alpha value is -1.63. The minimum Gasteiger partial charge on any atom is -0.480 e. The van der Waals surface area contributed by atoms with Gasteiger partial charge in [0.25, 0.3) is 5.91 Å². The number of hydrogen-bond donors (Lipinski definition) is 3. The van der Waals surface area contributed by atoms with Crippen molar-refractivity contribution in [3.8, 4) is 0 Å². The third-order valence-corrected chi connectivity index (χ3v) is 1.96. The maximum atomic E-state index is 11.2. The Bertz CT molecular complexity index is 291. The van der Waals surface area contributed by atoms with Crippen LogP contribution in [0.4, 0.5) is 4.79 Å². The number of carbonyl (C=O) groups is 3. The minimum atomic E-state index is -1.17. The molecule has 0 aliphatic carbocycles. The number of aliphatic carboxylic acids is 1. The molecule has 0 bridgehead atoms. The summed E-state index contributed by atoms with van der Waals surface area (Å²) in [7, 11) is 0. The summed E-state index contributed by atoms with van der Waals surface area (Å²) >= 11 is 0. The molecule has 0 saturated carbocycles. The number of nitrogens with one attached hydrogen (secondary N) is 2. The van der Waals surface area contributed by atoms with Gasteiger partial charge in [0.1, 0.15) is 13.2 Å². The van der Waals surface area contributed by atoms with Crippen molar-refractivity contribution in [2.45, 2.75) is 26.7 Å². The Morgan fingerprint density at radius 3 is 2.44 bits per heavy atom. The molecule has 3 N–H and O–H groups in total. The van der Waals surface area contributed by atoms with Gasteiger partial charge in [0.15, 0.2) is 0 Å². The molecule has 0 atom stereocenters. The fraction of sp³-hybridized carbons (Fsp3) is 0.727. The molecular weight excluding hydrogens is 240 g/mol. The largest absolute Gasteiger partial charge is 0.480 e. The van der Waals surface area contributed by atoms with Gasteiger partial charge in [0.05, 0.1) is 0 Å². The molecule has 0 aliphatic rings. The van der Waals surface area contributed by atoms with Gasteiger partial charge in [0.2, 0.25) is 0 Å². The van der Waals surface area contributed by atoms with Crippen LogP contribution >= 0.6 is 0 Å². The van der Waals surface area contributed by atoms with Crippen LogP contribution in [0.1, 0.15) is 26.7 Å². The lowest BCUT2D eigenvalue weighted by Gasteiger charge is -2.07. The molecule has 7 heteroatoms. The molecule has 0 aliphatic heterocycles. The number of urea groups is 1. The molecule has 3 amide bonds. The first-order valence-corrected chi connectivity index (χ1v) is 5.79. The molecule has 0 spiro atoms. The summed E-state index contributed by atoms with van der Waals surface area (Å²) in [5, 5.41) is 12.8. The van der Waals surface area contributed by atoms with Crippen LogP contribution in [0.3, 0.4) is 0 Å². The first kappa shape index (κ1) is 16.4. The standard InChI is InChI=1S/C11H20N2O5/c1-8(2)4-3-5-12-11(17)13-9(14)6-18-7-10(15)16/h8H,3-7H2,1-2H3,(H,15,16)(H2,12,13,14,17). The van der Waals surface area contributed by atoms with Gasteiger partial charge in [-0.1, -0.05) is 13.8 Å². The summed E-state index contributed by atoms with van der Waals surface area (Å²) in [6.07, 6.45) is 1.84. The van der Waals surface area contributed by atoms with Crippen LogP contribution in [0, 0.1) is 5.92 Å². The van der Waals surface area contributed by atoms with E-state index in [1.54, 1.807) is 0 Å². The number of hydrogen-bond acceptors (Lipinski definition) is 4. The van der Waals surface area contributed by atoms with Crippen molar-refractivity contribution in [3.05, 3.63) is 0 Å². The van der Waals surface area contributed by atoms with E-state index in [-0.39, 0.29) is 0 Å². The Morgan fingerprint density at radius 2 is 1.89 bits per heavy atom. The fourth-order valence-electron chi connectivity index (χ4n) is 1.15. The smallest absolute Gasteiger partial charge is 0.329 e. The van der Waals surface area contributed by atoms with Gasteiger partial charge >= 0.3 is 12.0 Å². The monoisotopic (exact) mass is 260 g/mol. The van der Waals surface area contributed by atoms with Crippen LogP contribution in [0.25, 0.3) is 0 Å². The fourth-order valence-corrected chi connectivity index (χ4v) is 1.15. The quantitative estimate of drug-likeness (QED) is 0.546. The average Bonchev–Trinajstić information content (AvgIpc) is 2.23. The van der Waals surface area contributed by atoms with Crippen LogP contribution in [-0.2, 0) is 14.3 Å². The Kier molecular flexibility index (Phi) is 8.55. The van der Waals surface area contributed by atoms with E-state index in [1.807, 2.05) is 5.32 Å². The van der Waals surface area contributed by atoms with E-state index in [4.69, 9.17) is 5.11 Å². The van der Waals surface area contributed by atoms with Crippen molar-refractivity contribution in [2.75, 3.05) is 19.8 Å². The third kappa shape index (κ3) is 10.9. The molecule has 0 rings (SSSR count). The van der Waals surface area contributed by atoms with Crippen molar-refractivity contribution in [1.29, 1.82) is 0 Å². The van der Waals surface area contributed by atoms with Crippen LogP contribution in [0.5, 0.6) is 0 Å². The van der Waals surface area contributed by atoms with E-state index in [1.165, 1.54) is 0 Å². The molecule has 104 valence electrons.